The molecular formula is C10H7BrOS2. The van der Waals surface area contributed by atoms with E-state index in [0.29, 0.717) is 0 Å². The SMILES string of the molecule is O=Cc1cc2c(CBr)c(S)ccc2s1. The second kappa shape index (κ2) is 4.04. The molecule has 2 rings (SSSR count). The van der Waals surface area contributed by atoms with E-state index in [4.69, 9.17) is 0 Å². The van der Waals surface area contributed by atoms with Gasteiger partial charge in [0, 0.05) is 14.9 Å². The molecule has 14 heavy (non-hydrogen) atoms. The second-order valence-electron chi connectivity index (χ2n) is 2.88. The molecule has 0 bridgehead atoms. The van der Waals surface area contributed by atoms with Gasteiger partial charge in [0.2, 0.25) is 0 Å². The molecule has 0 saturated carbocycles. The van der Waals surface area contributed by atoms with Crippen molar-refractivity contribution in [3.63, 3.8) is 0 Å². The summed E-state index contributed by atoms with van der Waals surface area (Å²) in [5.74, 6) is 0. The number of rotatable bonds is 2. The van der Waals surface area contributed by atoms with E-state index in [-0.39, 0.29) is 0 Å². The number of alkyl halides is 1. The van der Waals surface area contributed by atoms with Crippen LogP contribution in [0, 0.1) is 0 Å². The molecule has 1 aromatic heterocycles. The first-order valence-electron chi connectivity index (χ1n) is 4.02. The minimum Gasteiger partial charge on any atom is -0.297 e. The van der Waals surface area contributed by atoms with Gasteiger partial charge in [-0.3, -0.25) is 4.79 Å². The minimum atomic E-state index is 0.762. The topological polar surface area (TPSA) is 17.1 Å². The summed E-state index contributed by atoms with van der Waals surface area (Å²) in [6.07, 6.45) is 0.890. The van der Waals surface area contributed by atoms with E-state index < -0.39 is 0 Å². The highest BCUT2D eigenvalue weighted by Gasteiger charge is 2.07. The molecule has 1 aromatic carbocycles. The summed E-state index contributed by atoms with van der Waals surface area (Å²) in [4.78, 5) is 12.4. The van der Waals surface area contributed by atoms with Gasteiger partial charge in [-0.1, -0.05) is 15.9 Å². The zero-order chi connectivity index (χ0) is 10.1. The number of fused-ring (bicyclic) bond motifs is 1. The lowest BCUT2D eigenvalue weighted by atomic mass is 10.1. The molecule has 0 spiro atoms. The van der Waals surface area contributed by atoms with E-state index in [1.165, 1.54) is 11.3 Å². The molecule has 0 fully saturated rings. The molecule has 0 radical (unpaired) electrons. The Balaban J connectivity index is 2.79. The largest absolute Gasteiger partial charge is 0.297 e. The molecule has 2 aromatic rings. The first-order chi connectivity index (χ1) is 6.76. The predicted molar refractivity (Wildman–Crippen MR) is 67.1 cm³/mol. The van der Waals surface area contributed by atoms with Crippen LogP contribution in [0.4, 0.5) is 0 Å². The minimum absolute atomic E-state index is 0.762. The summed E-state index contributed by atoms with van der Waals surface area (Å²) >= 11 is 9.32. The van der Waals surface area contributed by atoms with Crippen LogP contribution >= 0.6 is 39.9 Å². The molecule has 1 nitrogen and oxygen atoms in total. The van der Waals surface area contributed by atoms with Gasteiger partial charge in [-0.25, -0.2) is 0 Å². The fraction of sp³-hybridized carbons (Fsp3) is 0.100. The zero-order valence-electron chi connectivity index (χ0n) is 7.16. The van der Waals surface area contributed by atoms with E-state index in [1.54, 1.807) is 0 Å². The van der Waals surface area contributed by atoms with Crippen LogP contribution in [0.25, 0.3) is 10.1 Å². The van der Waals surface area contributed by atoms with Crippen LogP contribution in [0.3, 0.4) is 0 Å². The van der Waals surface area contributed by atoms with Gasteiger partial charge >= 0.3 is 0 Å². The first kappa shape index (κ1) is 10.2. The van der Waals surface area contributed by atoms with Crippen molar-refractivity contribution in [2.24, 2.45) is 0 Å². The highest BCUT2D eigenvalue weighted by Crippen LogP contribution is 2.32. The fourth-order valence-corrected chi connectivity index (χ4v) is 3.38. The van der Waals surface area contributed by atoms with Crippen molar-refractivity contribution >= 4 is 56.3 Å². The quantitative estimate of drug-likeness (QED) is 0.503. The maximum atomic E-state index is 10.6. The number of thiophene rings is 1. The molecule has 0 N–H and O–H groups in total. The van der Waals surface area contributed by atoms with Crippen molar-refractivity contribution < 1.29 is 4.79 Å². The van der Waals surface area contributed by atoms with Gasteiger partial charge in [0.1, 0.15) is 0 Å². The lowest BCUT2D eigenvalue weighted by Gasteiger charge is -2.01. The third kappa shape index (κ3) is 1.62. The molecule has 0 aliphatic rings. The van der Waals surface area contributed by atoms with Crippen LogP contribution in [0.2, 0.25) is 0 Å². The smallest absolute Gasteiger partial charge is 0.160 e. The number of carbonyl (C=O) groups is 1. The van der Waals surface area contributed by atoms with E-state index in [2.05, 4.69) is 28.6 Å². The Labute approximate surface area is 99.7 Å². The number of aldehydes is 1. The van der Waals surface area contributed by atoms with Gasteiger partial charge in [-0.2, -0.15) is 0 Å². The fourth-order valence-electron chi connectivity index (χ4n) is 1.38. The van der Waals surface area contributed by atoms with Gasteiger partial charge in [-0.15, -0.1) is 24.0 Å². The van der Waals surface area contributed by atoms with E-state index in [9.17, 15) is 4.79 Å². The molecule has 72 valence electrons. The Bertz CT molecular complexity index is 490. The van der Waals surface area contributed by atoms with Crippen LogP contribution in [0.15, 0.2) is 23.1 Å². The molecule has 0 aliphatic carbocycles. The summed E-state index contributed by atoms with van der Waals surface area (Å²) in [6.45, 7) is 0. The lowest BCUT2D eigenvalue weighted by molar-refractivity contribution is 0.112. The zero-order valence-corrected chi connectivity index (χ0v) is 10.5. The van der Waals surface area contributed by atoms with Crippen molar-refractivity contribution in [1.29, 1.82) is 0 Å². The van der Waals surface area contributed by atoms with Crippen LogP contribution in [-0.4, -0.2) is 6.29 Å². The van der Waals surface area contributed by atoms with Gasteiger partial charge in [-0.05, 0) is 29.1 Å². The summed E-state index contributed by atoms with van der Waals surface area (Å²) in [5.41, 5.74) is 1.15. The number of carbonyl (C=O) groups excluding carboxylic acids is 1. The summed E-state index contributed by atoms with van der Waals surface area (Å²) < 4.78 is 1.14. The third-order valence-corrected chi connectivity index (χ3v) is 4.06. The average molecular weight is 287 g/mol. The Morgan fingerprint density at radius 2 is 2.29 bits per heavy atom. The van der Waals surface area contributed by atoms with E-state index in [0.717, 1.165) is 37.0 Å². The molecule has 0 atom stereocenters. The van der Waals surface area contributed by atoms with Crippen LogP contribution in [0.5, 0.6) is 0 Å². The van der Waals surface area contributed by atoms with E-state index in [1.807, 2.05) is 18.2 Å². The molecule has 0 aliphatic heterocycles. The Morgan fingerprint density at radius 3 is 2.93 bits per heavy atom. The first-order valence-corrected chi connectivity index (χ1v) is 6.40. The maximum absolute atomic E-state index is 10.6. The van der Waals surface area contributed by atoms with Crippen molar-refractivity contribution in [3.8, 4) is 0 Å². The Morgan fingerprint density at radius 1 is 1.50 bits per heavy atom. The highest BCUT2D eigenvalue weighted by molar-refractivity contribution is 9.08. The molecule has 0 saturated heterocycles. The van der Waals surface area contributed by atoms with Gasteiger partial charge in [0.15, 0.2) is 6.29 Å². The molecule has 0 unspecified atom stereocenters. The molecular weight excluding hydrogens is 280 g/mol. The number of hydrogen-bond donors (Lipinski definition) is 1. The predicted octanol–water partition coefficient (Wildman–Crippen LogP) is 3.90. The molecule has 4 heteroatoms. The van der Waals surface area contributed by atoms with Gasteiger partial charge in [0.05, 0.1) is 4.88 Å². The Hall–Kier alpha value is -0.320. The van der Waals surface area contributed by atoms with Crippen molar-refractivity contribution in [2.45, 2.75) is 10.2 Å². The summed E-state index contributed by atoms with van der Waals surface area (Å²) in [5, 5.41) is 1.89. The van der Waals surface area contributed by atoms with Crippen molar-refractivity contribution in [1.82, 2.24) is 0 Å². The summed E-state index contributed by atoms with van der Waals surface area (Å²) in [7, 11) is 0. The number of halogens is 1. The number of hydrogen-bond acceptors (Lipinski definition) is 3. The maximum Gasteiger partial charge on any atom is 0.160 e. The van der Waals surface area contributed by atoms with Crippen LogP contribution < -0.4 is 0 Å². The summed E-state index contributed by atoms with van der Waals surface area (Å²) in [6, 6.07) is 5.89. The average Bonchev–Trinajstić information content (AvgIpc) is 2.60. The second-order valence-corrected chi connectivity index (χ2v) is 5.03. The van der Waals surface area contributed by atoms with Crippen molar-refractivity contribution in [2.75, 3.05) is 0 Å². The molecule has 1 heterocycles. The van der Waals surface area contributed by atoms with Crippen LogP contribution in [0.1, 0.15) is 15.2 Å². The van der Waals surface area contributed by atoms with Crippen LogP contribution in [-0.2, 0) is 5.33 Å². The number of thiol groups is 1. The number of benzene rings is 1. The third-order valence-electron chi connectivity index (χ3n) is 2.06. The van der Waals surface area contributed by atoms with Gasteiger partial charge in [0.25, 0.3) is 0 Å². The lowest BCUT2D eigenvalue weighted by Crippen LogP contribution is -1.80. The van der Waals surface area contributed by atoms with Gasteiger partial charge < -0.3 is 0 Å². The highest BCUT2D eigenvalue weighted by atomic mass is 79.9. The monoisotopic (exact) mass is 286 g/mol. The van der Waals surface area contributed by atoms with Crippen molar-refractivity contribution in [3.05, 3.63) is 28.6 Å². The Kier molecular flexibility index (Phi) is 2.95. The standard InChI is InChI=1S/C10H7BrOS2/c11-4-8-7-3-6(5-12)14-10(7)2-1-9(8)13/h1-3,5,13H,4H2. The molecule has 0 amide bonds. The van der Waals surface area contributed by atoms with E-state index >= 15 is 0 Å². The normalized spacial score (nSPS) is 10.7.